The molecule has 3 rings (SSSR count). The van der Waals surface area contributed by atoms with Crippen LogP contribution in [-0.4, -0.2) is 10.9 Å². The molecule has 3 aromatic rings. The number of benzene rings is 2. The highest BCUT2D eigenvalue weighted by molar-refractivity contribution is 9.10. The zero-order valence-electron chi connectivity index (χ0n) is 14.8. The zero-order chi connectivity index (χ0) is 18.5. The predicted octanol–water partition coefficient (Wildman–Crippen LogP) is 5.22. The summed E-state index contributed by atoms with van der Waals surface area (Å²) < 4.78 is 6.76. The van der Waals surface area contributed by atoms with Gasteiger partial charge in [0, 0.05) is 22.9 Å². The van der Waals surface area contributed by atoms with Crippen molar-refractivity contribution in [2.45, 2.75) is 32.7 Å². The van der Waals surface area contributed by atoms with Crippen molar-refractivity contribution in [3.8, 4) is 11.3 Å². The van der Waals surface area contributed by atoms with Crippen LogP contribution in [0.4, 0.5) is 0 Å². The summed E-state index contributed by atoms with van der Waals surface area (Å²) in [4.78, 5) is 16.5. The third-order valence-electron chi connectivity index (χ3n) is 4.20. The summed E-state index contributed by atoms with van der Waals surface area (Å²) in [6, 6.07) is 15.9. The molecule has 0 bridgehead atoms. The van der Waals surface area contributed by atoms with Gasteiger partial charge in [-0.25, -0.2) is 4.98 Å². The predicted molar refractivity (Wildman–Crippen MR) is 106 cm³/mol. The topological polar surface area (TPSA) is 55.1 Å². The summed E-state index contributed by atoms with van der Waals surface area (Å²) in [7, 11) is 0. The minimum absolute atomic E-state index is 0.0247. The molecule has 2 aromatic carbocycles. The maximum Gasteiger partial charge on any atom is 0.220 e. The molecule has 0 saturated carbocycles. The van der Waals surface area contributed by atoms with Gasteiger partial charge in [0.15, 0.2) is 11.7 Å². The Bertz CT molecular complexity index is 887. The van der Waals surface area contributed by atoms with Gasteiger partial charge in [0.1, 0.15) is 0 Å². The largest absolute Gasteiger partial charge is 0.441 e. The van der Waals surface area contributed by atoms with Gasteiger partial charge >= 0.3 is 0 Å². The number of carbonyl (C=O) groups excluding carboxylic acids is 1. The fourth-order valence-electron chi connectivity index (χ4n) is 2.72. The van der Waals surface area contributed by atoms with Crippen LogP contribution in [0.25, 0.3) is 11.3 Å². The van der Waals surface area contributed by atoms with Crippen molar-refractivity contribution in [2.75, 3.05) is 0 Å². The molecule has 0 aliphatic rings. The van der Waals surface area contributed by atoms with Crippen molar-refractivity contribution in [3.05, 3.63) is 76.2 Å². The van der Waals surface area contributed by atoms with Gasteiger partial charge in [0.05, 0.1) is 12.2 Å². The Hall–Kier alpha value is -2.40. The van der Waals surface area contributed by atoms with E-state index in [1.165, 1.54) is 5.56 Å². The number of aromatic nitrogens is 1. The summed E-state index contributed by atoms with van der Waals surface area (Å²) in [6.45, 7) is 4.02. The minimum atomic E-state index is -0.0641. The van der Waals surface area contributed by atoms with Crippen molar-refractivity contribution in [1.82, 2.24) is 10.3 Å². The molecule has 1 atom stereocenters. The van der Waals surface area contributed by atoms with Crippen molar-refractivity contribution >= 4 is 21.8 Å². The van der Waals surface area contributed by atoms with Gasteiger partial charge in [-0.3, -0.25) is 4.79 Å². The quantitative estimate of drug-likeness (QED) is 0.603. The summed E-state index contributed by atoms with van der Waals surface area (Å²) in [5.41, 5.74) is 3.24. The Kier molecular flexibility index (Phi) is 5.89. The van der Waals surface area contributed by atoms with Crippen LogP contribution >= 0.6 is 15.9 Å². The average molecular weight is 413 g/mol. The first kappa shape index (κ1) is 18.4. The van der Waals surface area contributed by atoms with Crippen LogP contribution in [0.2, 0.25) is 0 Å². The van der Waals surface area contributed by atoms with Crippen LogP contribution in [0.5, 0.6) is 0 Å². The van der Waals surface area contributed by atoms with Crippen LogP contribution in [0.3, 0.4) is 0 Å². The third-order valence-corrected chi connectivity index (χ3v) is 4.93. The van der Waals surface area contributed by atoms with E-state index in [1.54, 1.807) is 6.20 Å². The Balaban J connectivity index is 1.55. The van der Waals surface area contributed by atoms with Crippen LogP contribution in [0.15, 0.2) is 63.6 Å². The molecule has 0 fully saturated rings. The number of hydrogen-bond acceptors (Lipinski definition) is 3. The Morgan fingerprint density at radius 3 is 2.65 bits per heavy atom. The van der Waals surface area contributed by atoms with E-state index in [0.717, 1.165) is 21.4 Å². The molecule has 5 heteroatoms. The highest BCUT2D eigenvalue weighted by atomic mass is 79.9. The van der Waals surface area contributed by atoms with Crippen molar-refractivity contribution in [2.24, 2.45) is 0 Å². The number of nitrogens with one attached hydrogen (secondary N) is 1. The van der Waals surface area contributed by atoms with Crippen LogP contribution in [-0.2, 0) is 11.2 Å². The molecule has 0 aliphatic heterocycles. The summed E-state index contributed by atoms with van der Waals surface area (Å²) in [6.07, 6.45) is 2.52. The van der Waals surface area contributed by atoms with Crippen LogP contribution in [0.1, 0.15) is 36.4 Å². The number of nitrogens with zero attached hydrogens (tertiary/aromatic N) is 1. The van der Waals surface area contributed by atoms with E-state index in [-0.39, 0.29) is 11.9 Å². The molecule has 0 saturated heterocycles. The van der Waals surface area contributed by atoms with Crippen LogP contribution < -0.4 is 5.32 Å². The highest BCUT2D eigenvalue weighted by Gasteiger charge is 2.13. The first-order chi connectivity index (χ1) is 12.5. The first-order valence-corrected chi connectivity index (χ1v) is 9.38. The van der Waals surface area contributed by atoms with Gasteiger partial charge in [-0.2, -0.15) is 0 Å². The molecular weight excluding hydrogens is 392 g/mol. The number of aryl methyl sites for hydroxylation is 2. The number of rotatable bonds is 6. The van der Waals surface area contributed by atoms with E-state index in [9.17, 15) is 4.79 Å². The number of amides is 1. The molecule has 1 heterocycles. The van der Waals surface area contributed by atoms with Crippen molar-refractivity contribution < 1.29 is 9.21 Å². The van der Waals surface area contributed by atoms with E-state index in [2.05, 4.69) is 26.2 Å². The van der Waals surface area contributed by atoms with E-state index in [0.29, 0.717) is 18.7 Å². The molecule has 0 spiro atoms. The summed E-state index contributed by atoms with van der Waals surface area (Å²) in [5.74, 6) is 1.27. The molecule has 1 aromatic heterocycles. The van der Waals surface area contributed by atoms with Crippen LogP contribution in [0, 0.1) is 6.92 Å². The molecule has 4 nitrogen and oxygen atoms in total. The lowest BCUT2D eigenvalue weighted by Crippen LogP contribution is -2.27. The van der Waals surface area contributed by atoms with E-state index >= 15 is 0 Å². The smallest absolute Gasteiger partial charge is 0.220 e. The molecule has 0 aliphatic carbocycles. The summed E-state index contributed by atoms with van der Waals surface area (Å²) in [5, 5.41) is 3.01. The lowest BCUT2D eigenvalue weighted by Gasteiger charge is -2.15. The highest BCUT2D eigenvalue weighted by Crippen LogP contribution is 2.23. The number of hydrogen-bond donors (Lipinski definition) is 1. The Labute approximate surface area is 161 Å². The molecule has 1 unspecified atom stereocenters. The van der Waals surface area contributed by atoms with E-state index in [1.807, 2.05) is 62.4 Å². The molecular formula is C21H21BrN2O2. The summed E-state index contributed by atoms with van der Waals surface area (Å²) >= 11 is 3.52. The first-order valence-electron chi connectivity index (χ1n) is 8.58. The van der Waals surface area contributed by atoms with Gasteiger partial charge in [-0.05, 0) is 25.5 Å². The van der Waals surface area contributed by atoms with Gasteiger partial charge < -0.3 is 9.73 Å². The Morgan fingerprint density at radius 2 is 1.92 bits per heavy atom. The van der Waals surface area contributed by atoms with Gasteiger partial charge in [-0.1, -0.05) is 64.0 Å². The molecule has 26 heavy (non-hydrogen) atoms. The molecule has 0 radical (unpaired) electrons. The number of oxazole rings is 1. The fraction of sp³-hybridized carbons (Fsp3) is 0.238. The lowest BCUT2D eigenvalue weighted by atomic mass is 10.1. The molecule has 1 N–H and O–H groups in total. The Morgan fingerprint density at radius 1 is 1.19 bits per heavy atom. The van der Waals surface area contributed by atoms with E-state index < -0.39 is 0 Å². The average Bonchev–Trinajstić information content (AvgIpc) is 3.10. The normalized spacial score (nSPS) is 12.0. The maximum absolute atomic E-state index is 12.2. The monoisotopic (exact) mass is 412 g/mol. The van der Waals surface area contributed by atoms with Gasteiger partial charge in [0.25, 0.3) is 0 Å². The van der Waals surface area contributed by atoms with Crippen molar-refractivity contribution in [1.29, 1.82) is 0 Å². The SMILES string of the molecule is Cc1ccc(-c2cnc(CCC(=O)NC(C)c3ccccc3Br)o2)cc1. The molecule has 1 amide bonds. The maximum atomic E-state index is 12.2. The second-order valence-electron chi connectivity index (χ2n) is 6.29. The van der Waals surface area contributed by atoms with E-state index in [4.69, 9.17) is 4.42 Å². The standard InChI is InChI=1S/C21H21BrN2O2/c1-14-7-9-16(10-8-14)19-13-23-21(26-19)12-11-20(25)24-15(2)17-5-3-4-6-18(17)22/h3-10,13,15H,11-12H2,1-2H3,(H,24,25). The molecule has 134 valence electrons. The lowest BCUT2D eigenvalue weighted by molar-refractivity contribution is -0.121. The minimum Gasteiger partial charge on any atom is -0.441 e. The third kappa shape index (κ3) is 4.61. The second kappa shape index (κ2) is 8.32. The van der Waals surface area contributed by atoms with Gasteiger partial charge in [-0.15, -0.1) is 0 Å². The zero-order valence-corrected chi connectivity index (χ0v) is 16.4. The second-order valence-corrected chi connectivity index (χ2v) is 7.15. The number of carbonyl (C=O) groups is 1. The van der Waals surface area contributed by atoms with Crippen molar-refractivity contribution in [3.63, 3.8) is 0 Å². The van der Waals surface area contributed by atoms with Gasteiger partial charge in [0.2, 0.25) is 5.91 Å². The number of halogens is 1. The fourth-order valence-corrected chi connectivity index (χ4v) is 3.34.